The lowest BCUT2D eigenvalue weighted by atomic mass is 9.98. The van der Waals surface area contributed by atoms with Crippen LogP contribution in [0.4, 0.5) is 5.82 Å². The fraction of sp³-hybridized carbons (Fsp3) is 0.750. The molecule has 1 aromatic heterocycles. The van der Waals surface area contributed by atoms with Crippen LogP contribution in [0.15, 0.2) is 12.4 Å². The second kappa shape index (κ2) is 6.08. The van der Waals surface area contributed by atoms with Gasteiger partial charge in [-0.25, -0.2) is 9.97 Å². The molecule has 0 amide bonds. The van der Waals surface area contributed by atoms with Crippen LogP contribution in [0.5, 0.6) is 0 Å². The zero-order valence-electron chi connectivity index (χ0n) is 12.7. The summed E-state index contributed by atoms with van der Waals surface area (Å²) < 4.78 is 0. The molecular formula is C16H26N4. The highest BCUT2D eigenvalue weighted by Gasteiger charge is 2.36. The van der Waals surface area contributed by atoms with Gasteiger partial charge in [0.2, 0.25) is 0 Å². The molecule has 4 heteroatoms. The van der Waals surface area contributed by atoms with Crippen molar-refractivity contribution in [2.24, 2.45) is 0 Å². The Kier molecular flexibility index (Phi) is 4.20. The summed E-state index contributed by atoms with van der Waals surface area (Å²) in [5.41, 5.74) is 1.15. The molecule has 1 N–H and O–H groups in total. The van der Waals surface area contributed by atoms with Crippen LogP contribution >= 0.6 is 0 Å². The normalized spacial score (nSPS) is 28.6. The lowest BCUT2D eigenvalue weighted by molar-refractivity contribution is 0.345. The summed E-state index contributed by atoms with van der Waals surface area (Å²) in [7, 11) is 0. The largest absolute Gasteiger partial charge is 0.353 e. The van der Waals surface area contributed by atoms with Crippen molar-refractivity contribution < 1.29 is 0 Å². The van der Waals surface area contributed by atoms with Gasteiger partial charge in [-0.1, -0.05) is 13.8 Å². The molecule has 2 saturated heterocycles. The highest BCUT2D eigenvalue weighted by molar-refractivity contribution is 5.40. The summed E-state index contributed by atoms with van der Waals surface area (Å²) in [6.07, 6.45) is 9.12. The number of nitrogens with zero attached hydrogens (tertiary/aromatic N) is 3. The van der Waals surface area contributed by atoms with E-state index in [-0.39, 0.29) is 0 Å². The molecule has 2 bridgehead atoms. The summed E-state index contributed by atoms with van der Waals surface area (Å²) in [5.74, 6) is 1.13. The average Bonchev–Trinajstić information content (AvgIpc) is 2.83. The molecular weight excluding hydrogens is 248 g/mol. The van der Waals surface area contributed by atoms with Crippen LogP contribution in [0.2, 0.25) is 0 Å². The lowest BCUT2D eigenvalue weighted by Gasteiger charge is -2.38. The molecule has 4 nitrogen and oxygen atoms in total. The topological polar surface area (TPSA) is 41.1 Å². The third-order valence-corrected chi connectivity index (χ3v) is 4.72. The van der Waals surface area contributed by atoms with E-state index in [0.717, 1.165) is 36.6 Å². The van der Waals surface area contributed by atoms with Gasteiger partial charge in [0, 0.05) is 36.4 Å². The maximum atomic E-state index is 4.55. The fourth-order valence-corrected chi connectivity index (χ4v) is 3.74. The number of anilines is 1. The molecule has 1 aromatic rings. The van der Waals surface area contributed by atoms with Crippen molar-refractivity contribution in [3.63, 3.8) is 0 Å². The SMILES string of the molecule is CCCN(c1cc(CC)ncn1)C1CC2CCC(C1)N2. The van der Waals surface area contributed by atoms with E-state index in [1.807, 2.05) is 0 Å². The van der Waals surface area contributed by atoms with Crippen molar-refractivity contribution in [2.75, 3.05) is 11.4 Å². The Bertz CT molecular complexity index is 436. The summed E-state index contributed by atoms with van der Waals surface area (Å²) in [4.78, 5) is 11.4. The first-order chi connectivity index (χ1) is 9.80. The standard InChI is InChI=1S/C16H26N4/c1-3-7-20(16-10-12(4-2)17-11-18-16)15-8-13-5-6-14(9-15)19-13/h10-11,13-15,19H,3-9H2,1-2H3. The van der Waals surface area contributed by atoms with E-state index in [1.54, 1.807) is 6.33 Å². The first kappa shape index (κ1) is 13.8. The van der Waals surface area contributed by atoms with Crippen LogP contribution in [0.1, 0.15) is 51.6 Å². The van der Waals surface area contributed by atoms with Crippen molar-refractivity contribution in [3.05, 3.63) is 18.1 Å². The van der Waals surface area contributed by atoms with Crippen molar-refractivity contribution in [1.82, 2.24) is 15.3 Å². The molecule has 3 rings (SSSR count). The number of nitrogens with one attached hydrogen (secondary N) is 1. The van der Waals surface area contributed by atoms with Gasteiger partial charge in [0.15, 0.2) is 0 Å². The Labute approximate surface area is 122 Å². The van der Waals surface area contributed by atoms with Crippen molar-refractivity contribution in [3.8, 4) is 0 Å². The molecule has 0 spiro atoms. The summed E-state index contributed by atoms with van der Waals surface area (Å²) in [6, 6.07) is 4.28. The monoisotopic (exact) mass is 274 g/mol. The Morgan fingerprint density at radius 2 is 1.95 bits per heavy atom. The lowest BCUT2D eigenvalue weighted by Crippen LogP contribution is -2.49. The smallest absolute Gasteiger partial charge is 0.132 e. The van der Waals surface area contributed by atoms with Crippen molar-refractivity contribution in [1.29, 1.82) is 0 Å². The molecule has 2 aliphatic rings. The zero-order valence-corrected chi connectivity index (χ0v) is 12.7. The number of hydrogen-bond donors (Lipinski definition) is 1. The van der Waals surface area contributed by atoms with E-state index < -0.39 is 0 Å². The Hall–Kier alpha value is -1.16. The summed E-state index contributed by atoms with van der Waals surface area (Å²) in [6.45, 7) is 5.51. The quantitative estimate of drug-likeness (QED) is 0.896. The highest BCUT2D eigenvalue weighted by atomic mass is 15.2. The van der Waals surface area contributed by atoms with Gasteiger partial charge >= 0.3 is 0 Å². The maximum absolute atomic E-state index is 4.55. The fourth-order valence-electron chi connectivity index (χ4n) is 3.74. The first-order valence-corrected chi connectivity index (χ1v) is 8.13. The second-order valence-corrected chi connectivity index (χ2v) is 6.18. The summed E-state index contributed by atoms with van der Waals surface area (Å²) in [5, 5.41) is 3.73. The number of hydrogen-bond acceptors (Lipinski definition) is 4. The van der Waals surface area contributed by atoms with Gasteiger partial charge < -0.3 is 10.2 Å². The maximum Gasteiger partial charge on any atom is 0.132 e. The van der Waals surface area contributed by atoms with Gasteiger partial charge in [0.05, 0.1) is 0 Å². The first-order valence-electron chi connectivity index (χ1n) is 8.13. The van der Waals surface area contributed by atoms with Crippen LogP contribution in [0.25, 0.3) is 0 Å². The van der Waals surface area contributed by atoms with E-state index in [9.17, 15) is 0 Å². The van der Waals surface area contributed by atoms with Gasteiger partial charge in [-0.3, -0.25) is 0 Å². The van der Waals surface area contributed by atoms with Crippen LogP contribution in [-0.4, -0.2) is 34.6 Å². The minimum Gasteiger partial charge on any atom is -0.353 e. The third-order valence-electron chi connectivity index (χ3n) is 4.72. The highest BCUT2D eigenvalue weighted by Crippen LogP contribution is 2.31. The van der Waals surface area contributed by atoms with E-state index >= 15 is 0 Å². The number of aryl methyl sites for hydroxylation is 1. The van der Waals surface area contributed by atoms with Crippen LogP contribution in [-0.2, 0) is 6.42 Å². The van der Waals surface area contributed by atoms with Crippen LogP contribution < -0.4 is 10.2 Å². The Morgan fingerprint density at radius 3 is 2.60 bits per heavy atom. The van der Waals surface area contributed by atoms with Crippen molar-refractivity contribution in [2.45, 2.75) is 70.5 Å². The minimum absolute atomic E-state index is 0.647. The molecule has 0 aliphatic carbocycles. The Balaban J connectivity index is 1.80. The molecule has 20 heavy (non-hydrogen) atoms. The average molecular weight is 274 g/mol. The van der Waals surface area contributed by atoms with E-state index in [2.05, 4.69) is 40.1 Å². The van der Waals surface area contributed by atoms with Crippen LogP contribution in [0, 0.1) is 0 Å². The number of fused-ring (bicyclic) bond motifs is 2. The molecule has 0 saturated carbocycles. The molecule has 2 atom stereocenters. The zero-order chi connectivity index (χ0) is 13.9. The van der Waals surface area contributed by atoms with E-state index in [4.69, 9.17) is 0 Å². The van der Waals surface area contributed by atoms with E-state index in [0.29, 0.717) is 6.04 Å². The van der Waals surface area contributed by atoms with Crippen LogP contribution in [0.3, 0.4) is 0 Å². The molecule has 110 valence electrons. The van der Waals surface area contributed by atoms with Gasteiger partial charge in [0.1, 0.15) is 12.1 Å². The molecule has 2 fully saturated rings. The number of piperidine rings is 1. The third kappa shape index (κ3) is 2.80. The molecule has 2 aliphatic heterocycles. The molecule has 0 aromatic carbocycles. The van der Waals surface area contributed by atoms with Crippen molar-refractivity contribution >= 4 is 5.82 Å². The predicted molar refractivity (Wildman–Crippen MR) is 82.0 cm³/mol. The van der Waals surface area contributed by atoms with E-state index in [1.165, 1.54) is 32.1 Å². The minimum atomic E-state index is 0.647. The number of rotatable bonds is 5. The molecule has 3 heterocycles. The Morgan fingerprint density at radius 1 is 1.20 bits per heavy atom. The summed E-state index contributed by atoms with van der Waals surface area (Å²) >= 11 is 0. The van der Waals surface area contributed by atoms with Gasteiger partial charge in [-0.15, -0.1) is 0 Å². The van der Waals surface area contributed by atoms with Gasteiger partial charge in [-0.05, 0) is 38.5 Å². The molecule has 0 radical (unpaired) electrons. The van der Waals surface area contributed by atoms with Gasteiger partial charge in [0.25, 0.3) is 0 Å². The van der Waals surface area contributed by atoms with Gasteiger partial charge in [-0.2, -0.15) is 0 Å². The molecule has 2 unspecified atom stereocenters. The second-order valence-electron chi connectivity index (χ2n) is 6.18. The number of aromatic nitrogens is 2. The predicted octanol–water partition coefficient (Wildman–Crippen LogP) is 2.54.